The van der Waals surface area contributed by atoms with Crippen molar-refractivity contribution in [1.29, 1.82) is 0 Å². The minimum Gasteiger partial charge on any atom is -0.380 e. The highest BCUT2D eigenvalue weighted by Gasteiger charge is 2.39. The molecule has 56 heavy (non-hydrogen) atoms. The standard InChI is InChI=1S/C44H39N7O5/c1-3-26-13-15-31(41-40(26)49-39(53)20-25(2)48-41)30-11-7-10-28-21-36(47-23-33(28)30)29-14-16-35(46-22-29)42(54)45-19-5-4-8-27-9-6-12-32-34(27)24-51(44(32)56)37-17-18-38(52)50-43(37)55/h6-7,9-16,21-23,25,37,48H,3,5,17-20,24H2,1-2H3,(H,45,54)(H,49,53)(H,50,52,55)/t25-,37?/m1/s1. The van der Waals surface area contributed by atoms with Gasteiger partial charge in [-0.1, -0.05) is 55.2 Å². The van der Waals surface area contributed by atoms with Crippen LogP contribution in [-0.2, 0) is 27.3 Å². The second kappa shape index (κ2) is 15.1. The fraction of sp³-hybridized carbons (Fsp3) is 0.250. The lowest BCUT2D eigenvalue weighted by atomic mass is 9.94. The number of amides is 5. The van der Waals surface area contributed by atoms with Gasteiger partial charge in [0, 0.05) is 78.4 Å². The van der Waals surface area contributed by atoms with Gasteiger partial charge in [0.05, 0.1) is 17.1 Å². The first-order valence-electron chi connectivity index (χ1n) is 18.8. The van der Waals surface area contributed by atoms with E-state index in [4.69, 9.17) is 4.98 Å². The molecule has 5 aromatic rings. The summed E-state index contributed by atoms with van der Waals surface area (Å²) >= 11 is 0. The molecular weight excluding hydrogens is 707 g/mol. The first-order valence-corrected chi connectivity index (χ1v) is 18.8. The Morgan fingerprint density at radius 1 is 0.911 bits per heavy atom. The zero-order valence-electron chi connectivity index (χ0n) is 31.0. The number of aromatic nitrogens is 2. The second-order valence-corrected chi connectivity index (χ2v) is 14.2. The van der Waals surface area contributed by atoms with E-state index in [2.05, 4.69) is 63.2 Å². The van der Waals surface area contributed by atoms with E-state index in [0.29, 0.717) is 36.9 Å². The van der Waals surface area contributed by atoms with Crippen LogP contribution < -0.4 is 21.3 Å². The highest BCUT2D eigenvalue weighted by molar-refractivity contribution is 6.07. The van der Waals surface area contributed by atoms with Crippen molar-refractivity contribution in [3.05, 3.63) is 107 Å². The molecule has 1 fully saturated rings. The molecule has 280 valence electrons. The Bertz CT molecular complexity index is 2520. The number of rotatable bonds is 7. The van der Waals surface area contributed by atoms with Crippen molar-refractivity contribution in [3.63, 3.8) is 0 Å². The van der Waals surface area contributed by atoms with E-state index >= 15 is 0 Å². The molecule has 3 aliphatic heterocycles. The van der Waals surface area contributed by atoms with Crippen LogP contribution in [0.15, 0.2) is 79.1 Å². The number of piperidine rings is 1. The number of hydrogen-bond acceptors (Lipinski definition) is 8. The number of benzene rings is 3. The zero-order valence-corrected chi connectivity index (χ0v) is 31.0. The number of carbonyl (C=O) groups is 5. The zero-order chi connectivity index (χ0) is 38.9. The number of anilines is 2. The highest BCUT2D eigenvalue weighted by atomic mass is 16.2. The minimum atomic E-state index is -0.691. The first kappa shape index (κ1) is 36.1. The van der Waals surface area contributed by atoms with Crippen molar-refractivity contribution < 1.29 is 24.0 Å². The summed E-state index contributed by atoms with van der Waals surface area (Å²) in [5, 5.41) is 13.9. The molecule has 12 nitrogen and oxygen atoms in total. The summed E-state index contributed by atoms with van der Waals surface area (Å²) in [7, 11) is 0. The molecule has 1 unspecified atom stereocenters. The van der Waals surface area contributed by atoms with E-state index in [1.165, 1.54) is 4.90 Å². The van der Waals surface area contributed by atoms with Crippen molar-refractivity contribution in [1.82, 2.24) is 25.5 Å². The van der Waals surface area contributed by atoms with Crippen LogP contribution in [0.25, 0.3) is 33.2 Å². The summed E-state index contributed by atoms with van der Waals surface area (Å²) in [4.78, 5) is 73.4. The normalized spacial score (nSPS) is 17.5. The summed E-state index contributed by atoms with van der Waals surface area (Å²) in [6, 6.07) is 20.4. The fourth-order valence-electron chi connectivity index (χ4n) is 7.66. The van der Waals surface area contributed by atoms with Crippen molar-refractivity contribution in [2.45, 2.75) is 64.6 Å². The van der Waals surface area contributed by atoms with Gasteiger partial charge in [0.2, 0.25) is 17.7 Å². The Labute approximate surface area is 323 Å². The first-order chi connectivity index (χ1) is 27.2. The molecule has 2 atom stereocenters. The maximum atomic E-state index is 13.1. The van der Waals surface area contributed by atoms with Gasteiger partial charge in [-0.15, -0.1) is 0 Å². The van der Waals surface area contributed by atoms with Crippen LogP contribution in [0.5, 0.6) is 0 Å². The summed E-state index contributed by atoms with van der Waals surface area (Å²) in [5.41, 5.74) is 8.52. The highest BCUT2D eigenvalue weighted by Crippen LogP contribution is 2.42. The molecular formula is C44H39N7O5. The van der Waals surface area contributed by atoms with Gasteiger partial charge < -0.3 is 20.9 Å². The lowest BCUT2D eigenvalue weighted by molar-refractivity contribution is -0.137. The molecule has 8 rings (SSSR count). The molecule has 0 bridgehead atoms. The average Bonchev–Trinajstić information content (AvgIpc) is 3.44. The van der Waals surface area contributed by atoms with Crippen LogP contribution >= 0.6 is 0 Å². The summed E-state index contributed by atoms with van der Waals surface area (Å²) in [6.07, 6.45) is 5.53. The van der Waals surface area contributed by atoms with E-state index in [1.807, 2.05) is 43.5 Å². The van der Waals surface area contributed by atoms with Crippen molar-refractivity contribution in [3.8, 4) is 34.2 Å². The fourth-order valence-corrected chi connectivity index (χ4v) is 7.66. The van der Waals surface area contributed by atoms with Crippen LogP contribution in [0.4, 0.5) is 11.4 Å². The molecule has 0 spiro atoms. The van der Waals surface area contributed by atoms with Crippen molar-refractivity contribution >= 4 is 51.7 Å². The topological polar surface area (TPSA) is 162 Å². The number of imide groups is 1. The van der Waals surface area contributed by atoms with Gasteiger partial charge in [0.25, 0.3) is 11.8 Å². The number of nitrogens with zero attached hydrogens (tertiary/aromatic N) is 3. The number of aryl methyl sites for hydroxylation is 1. The largest absolute Gasteiger partial charge is 0.380 e. The number of carbonyl (C=O) groups excluding carboxylic acids is 5. The van der Waals surface area contributed by atoms with E-state index in [9.17, 15) is 24.0 Å². The lowest BCUT2D eigenvalue weighted by Crippen LogP contribution is -2.52. The van der Waals surface area contributed by atoms with Gasteiger partial charge in [-0.05, 0) is 72.2 Å². The van der Waals surface area contributed by atoms with Gasteiger partial charge in [-0.3, -0.25) is 39.3 Å². The predicted octanol–water partition coefficient (Wildman–Crippen LogP) is 5.60. The van der Waals surface area contributed by atoms with E-state index in [1.54, 1.807) is 24.4 Å². The second-order valence-electron chi connectivity index (χ2n) is 14.2. The molecule has 3 aliphatic rings. The van der Waals surface area contributed by atoms with E-state index < -0.39 is 11.9 Å². The molecule has 0 aliphatic carbocycles. The van der Waals surface area contributed by atoms with E-state index in [0.717, 1.165) is 62.1 Å². The number of hydrogen-bond donors (Lipinski definition) is 4. The Morgan fingerprint density at radius 3 is 2.55 bits per heavy atom. The van der Waals surface area contributed by atoms with Crippen molar-refractivity contribution in [2.75, 3.05) is 17.2 Å². The van der Waals surface area contributed by atoms with Gasteiger partial charge in [0.15, 0.2) is 0 Å². The smallest absolute Gasteiger partial charge is 0.269 e. The SMILES string of the molecule is CCc1ccc(-c2cccc3cc(-c4ccc(C(=O)NCCC#Cc5cccc6c5CN(C5CCC(=O)NC5=O)C6=O)nc4)ncc23)c2c1NC(=O)C[C@@H](C)N2. The maximum Gasteiger partial charge on any atom is 0.269 e. The van der Waals surface area contributed by atoms with Crippen LogP contribution in [0, 0.1) is 11.8 Å². The average molecular weight is 746 g/mol. The van der Waals surface area contributed by atoms with Crippen LogP contribution in [0.2, 0.25) is 0 Å². The lowest BCUT2D eigenvalue weighted by Gasteiger charge is -2.29. The molecule has 5 amide bonds. The third kappa shape index (κ3) is 6.95. The van der Waals surface area contributed by atoms with Crippen LogP contribution in [0.1, 0.15) is 77.1 Å². The third-order valence-electron chi connectivity index (χ3n) is 10.5. The monoisotopic (exact) mass is 745 g/mol. The van der Waals surface area contributed by atoms with Gasteiger partial charge >= 0.3 is 0 Å². The summed E-state index contributed by atoms with van der Waals surface area (Å²) < 4.78 is 0. The number of fused-ring (bicyclic) bond motifs is 3. The molecule has 0 radical (unpaired) electrons. The Hall–Kier alpha value is -6.87. The molecule has 12 heteroatoms. The molecule has 0 saturated carbocycles. The molecule has 3 aromatic carbocycles. The van der Waals surface area contributed by atoms with E-state index in [-0.39, 0.29) is 48.3 Å². The minimum absolute atomic E-state index is 0.00268. The molecule has 5 heterocycles. The number of pyridine rings is 2. The Balaban J connectivity index is 0.919. The summed E-state index contributed by atoms with van der Waals surface area (Å²) in [6.45, 7) is 4.63. The van der Waals surface area contributed by atoms with Crippen LogP contribution in [-0.4, -0.2) is 63.0 Å². The molecule has 2 aromatic heterocycles. The Morgan fingerprint density at radius 2 is 1.75 bits per heavy atom. The van der Waals surface area contributed by atoms with Gasteiger partial charge in [0.1, 0.15) is 11.7 Å². The Kier molecular flexibility index (Phi) is 9.74. The van der Waals surface area contributed by atoms with Gasteiger partial charge in [-0.2, -0.15) is 0 Å². The quantitative estimate of drug-likeness (QED) is 0.0951. The maximum absolute atomic E-state index is 13.1. The van der Waals surface area contributed by atoms with Gasteiger partial charge in [-0.25, -0.2) is 0 Å². The molecule has 4 N–H and O–H groups in total. The van der Waals surface area contributed by atoms with Crippen LogP contribution in [0.3, 0.4) is 0 Å². The summed E-state index contributed by atoms with van der Waals surface area (Å²) in [5.74, 6) is 4.84. The molecule has 1 saturated heterocycles. The number of nitrogens with one attached hydrogen (secondary N) is 4. The third-order valence-corrected chi connectivity index (χ3v) is 10.5. The predicted molar refractivity (Wildman–Crippen MR) is 212 cm³/mol. The van der Waals surface area contributed by atoms with Crippen molar-refractivity contribution in [2.24, 2.45) is 0 Å².